The molecule has 0 aliphatic carbocycles. The number of rotatable bonds is 5. The third-order valence-electron chi connectivity index (χ3n) is 3.85. The second kappa shape index (κ2) is 6.81. The third kappa shape index (κ3) is 4.11. The first-order valence-electron chi connectivity index (χ1n) is 7.17. The smallest absolute Gasteiger partial charge is 0.126 e. The zero-order chi connectivity index (χ0) is 15.4. The van der Waals surface area contributed by atoms with Gasteiger partial charge in [0.1, 0.15) is 11.6 Å². The highest BCUT2D eigenvalue weighted by molar-refractivity contribution is 5.31. The van der Waals surface area contributed by atoms with Crippen molar-refractivity contribution in [3.63, 3.8) is 0 Å². The summed E-state index contributed by atoms with van der Waals surface area (Å²) in [5, 5.41) is 3.20. The molecule has 0 amide bonds. The summed E-state index contributed by atoms with van der Waals surface area (Å²) in [5.41, 5.74) is 4.09. The molecule has 0 heterocycles. The van der Waals surface area contributed by atoms with Gasteiger partial charge in [0.15, 0.2) is 0 Å². The van der Waals surface area contributed by atoms with E-state index in [0.29, 0.717) is 12.0 Å². The Hall–Kier alpha value is -1.74. The molecular formula is C18H21F2N. The fourth-order valence-corrected chi connectivity index (χ4v) is 2.53. The van der Waals surface area contributed by atoms with Crippen molar-refractivity contribution in [2.24, 2.45) is 0 Å². The van der Waals surface area contributed by atoms with Gasteiger partial charge >= 0.3 is 0 Å². The van der Waals surface area contributed by atoms with Crippen LogP contribution in [0.3, 0.4) is 0 Å². The molecule has 1 nitrogen and oxygen atoms in total. The monoisotopic (exact) mass is 289 g/mol. The second-order valence-corrected chi connectivity index (χ2v) is 5.56. The molecule has 0 radical (unpaired) electrons. The number of benzene rings is 2. The highest BCUT2D eigenvalue weighted by atomic mass is 19.1. The molecule has 0 bridgehead atoms. The number of hydrogen-bond acceptors (Lipinski definition) is 1. The molecule has 2 aromatic rings. The molecule has 3 heteroatoms. The van der Waals surface area contributed by atoms with E-state index >= 15 is 0 Å². The average molecular weight is 289 g/mol. The van der Waals surface area contributed by atoms with Crippen molar-refractivity contribution >= 4 is 0 Å². The largest absolute Gasteiger partial charge is 0.316 e. The van der Waals surface area contributed by atoms with E-state index in [9.17, 15) is 8.78 Å². The van der Waals surface area contributed by atoms with Gasteiger partial charge in [-0.2, -0.15) is 0 Å². The van der Waals surface area contributed by atoms with E-state index in [4.69, 9.17) is 0 Å². The number of nitrogens with one attached hydrogen (secondary N) is 1. The fourth-order valence-electron chi connectivity index (χ4n) is 2.53. The topological polar surface area (TPSA) is 12.0 Å². The second-order valence-electron chi connectivity index (χ2n) is 5.56. The Morgan fingerprint density at radius 2 is 1.67 bits per heavy atom. The first kappa shape index (κ1) is 15.6. The molecule has 1 atom stereocenters. The van der Waals surface area contributed by atoms with Crippen molar-refractivity contribution in [3.05, 3.63) is 70.3 Å². The SMILES string of the molecule is CNC(Cc1cc(C)ccc1C)Cc1cc(F)ccc1F. The fraction of sp³-hybridized carbons (Fsp3) is 0.333. The summed E-state index contributed by atoms with van der Waals surface area (Å²) in [4.78, 5) is 0. The molecule has 0 aromatic heterocycles. The zero-order valence-electron chi connectivity index (χ0n) is 12.7. The molecule has 112 valence electrons. The van der Waals surface area contributed by atoms with Gasteiger partial charge in [-0.3, -0.25) is 0 Å². The first-order valence-corrected chi connectivity index (χ1v) is 7.17. The van der Waals surface area contributed by atoms with Crippen molar-refractivity contribution in [2.75, 3.05) is 7.05 Å². The predicted octanol–water partition coefficient (Wildman–Crippen LogP) is 3.95. The molecule has 0 aliphatic rings. The van der Waals surface area contributed by atoms with E-state index in [0.717, 1.165) is 12.5 Å². The van der Waals surface area contributed by atoms with E-state index in [-0.39, 0.29) is 11.9 Å². The van der Waals surface area contributed by atoms with Crippen molar-refractivity contribution in [1.82, 2.24) is 5.32 Å². The van der Waals surface area contributed by atoms with Gasteiger partial charge in [0, 0.05) is 6.04 Å². The normalized spacial score (nSPS) is 12.4. The molecule has 2 aromatic carbocycles. The maximum Gasteiger partial charge on any atom is 0.126 e. The van der Waals surface area contributed by atoms with Gasteiger partial charge in [-0.25, -0.2) is 8.78 Å². The van der Waals surface area contributed by atoms with Crippen molar-refractivity contribution in [2.45, 2.75) is 32.7 Å². The van der Waals surface area contributed by atoms with Crippen LogP contribution in [0.1, 0.15) is 22.3 Å². The van der Waals surface area contributed by atoms with E-state index in [1.165, 1.54) is 28.8 Å². The van der Waals surface area contributed by atoms with Crippen molar-refractivity contribution in [3.8, 4) is 0 Å². The quantitative estimate of drug-likeness (QED) is 0.878. The van der Waals surface area contributed by atoms with Crippen LogP contribution in [0.25, 0.3) is 0 Å². The van der Waals surface area contributed by atoms with Gasteiger partial charge < -0.3 is 5.32 Å². The van der Waals surface area contributed by atoms with Gasteiger partial charge in [0.05, 0.1) is 0 Å². The molecule has 0 saturated carbocycles. The third-order valence-corrected chi connectivity index (χ3v) is 3.85. The molecule has 0 fully saturated rings. The van der Waals surface area contributed by atoms with Crippen LogP contribution in [0, 0.1) is 25.5 Å². The lowest BCUT2D eigenvalue weighted by Gasteiger charge is -2.18. The highest BCUT2D eigenvalue weighted by Crippen LogP contribution is 2.17. The van der Waals surface area contributed by atoms with E-state index < -0.39 is 5.82 Å². The Balaban J connectivity index is 2.16. The lowest BCUT2D eigenvalue weighted by molar-refractivity contribution is 0.525. The Kier molecular flexibility index (Phi) is 5.07. The summed E-state index contributed by atoms with van der Waals surface area (Å²) in [6, 6.07) is 10.0. The van der Waals surface area contributed by atoms with Gasteiger partial charge in [-0.15, -0.1) is 0 Å². The molecular weight excluding hydrogens is 268 g/mol. The molecule has 0 saturated heterocycles. The summed E-state index contributed by atoms with van der Waals surface area (Å²) >= 11 is 0. The Morgan fingerprint density at radius 1 is 0.952 bits per heavy atom. The van der Waals surface area contributed by atoms with Crippen LogP contribution in [-0.2, 0) is 12.8 Å². The van der Waals surface area contributed by atoms with Crippen LogP contribution >= 0.6 is 0 Å². The van der Waals surface area contributed by atoms with E-state index in [2.05, 4.69) is 37.4 Å². The zero-order valence-corrected chi connectivity index (χ0v) is 12.7. The maximum absolute atomic E-state index is 13.8. The number of hydrogen-bond donors (Lipinski definition) is 1. The van der Waals surface area contributed by atoms with Crippen LogP contribution < -0.4 is 5.32 Å². The highest BCUT2D eigenvalue weighted by Gasteiger charge is 2.13. The van der Waals surface area contributed by atoms with Crippen LogP contribution in [-0.4, -0.2) is 13.1 Å². The summed E-state index contributed by atoms with van der Waals surface area (Å²) in [6.07, 6.45) is 1.26. The molecule has 0 spiro atoms. The molecule has 1 N–H and O–H groups in total. The maximum atomic E-state index is 13.8. The minimum absolute atomic E-state index is 0.0711. The number of likely N-dealkylation sites (N-methyl/N-ethyl adjacent to an activating group) is 1. The van der Waals surface area contributed by atoms with Crippen LogP contribution in [0.15, 0.2) is 36.4 Å². The number of halogens is 2. The lowest BCUT2D eigenvalue weighted by Crippen LogP contribution is -2.30. The first-order chi connectivity index (χ1) is 9.99. The Bertz CT molecular complexity index is 569. The Morgan fingerprint density at radius 3 is 2.38 bits per heavy atom. The van der Waals surface area contributed by atoms with Gasteiger partial charge in [-0.1, -0.05) is 23.8 Å². The van der Waals surface area contributed by atoms with Gasteiger partial charge in [-0.05, 0) is 68.6 Å². The summed E-state index contributed by atoms with van der Waals surface area (Å²) < 4.78 is 27.0. The lowest BCUT2D eigenvalue weighted by atomic mass is 9.95. The molecule has 1 unspecified atom stereocenters. The van der Waals surface area contributed by atoms with Gasteiger partial charge in [0.2, 0.25) is 0 Å². The van der Waals surface area contributed by atoms with Crippen LogP contribution in [0.2, 0.25) is 0 Å². The molecule has 21 heavy (non-hydrogen) atoms. The van der Waals surface area contributed by atoms with E-state index in [1.54, 1.807) is 0 Å². The molecule has 0 aliphatic heterocycles. The van der Waals surface area contributed by atoms with Crippen LogP contribution in [0.5, 0.6) is 0 Å². The van der Waals surface area contributed by atoms with Crippen molar-refractivity contribution in [1.29, 1.82) is 0 Å². The van der Waals surface area contributed by atoms with Crippen molar-refractivity contribution < 1.29 is 8.78 Å². The predicted molar refractivity (Wildman–Crippen MR) is 82.5 cm³/mol. The summed E-state index contributed by atoms with van der Waals surface area (Å²) in [5.74, 6) is -0.745. The summed E-state index contributed by atoms with van der Waals surface area (Å²) in [7, 11) is 1.85. The van der Waals surface area contributed by atoms with Crippen LogP contribution in [0.4, 0.5) is 8.78 Å². The average Bonchev–Trinajstić information content (AvgIpc) is 2.45. The minimum Gasteiger partial charge on any atom is -0.316 e. The Labute approximate surface area is 125 Å². The van der Waals surface area contributed by atoms with Gasteiger partial charge in [0.25, 0.3) is 0 Å². The minimum atomic E-state index is -0.395. The standard InChI is InChI=1S/C18H21F2N/c1-12-4-5-13(2)14(8-12)10-17(21-3)11-15-9-16(19)6-7-18(15)20/h4-9,17,21H,10-11H2,1-3H3. The molecule has 2 rings (SSSR count). The summed E-state index contributed by atoms with van der Waals surface area (Å²) in [6.45, 7) is 4.13. The van der Waals surface area contributed by atoms with E-state index in [1.807, 2.05) is 7.05 Å². The number of aryl methyl sites for hydroxylation is 2.